The Morgan fingerprint density at radius 2 is 2.00 bits per heavy atom. The largest absolute Gasteiger partial charge is 0.493 e. The zero-order valence-corrected chi connectivity index (χ0v) is 21.9. The first-order valence-electron chi connectivity index (χ1n) is 10.7. The third-order valence-electron chi connectivity index (χ3n) is 5.14. The average Bonchev–Trinajstić information content (AvgIpc) is 3.17. The molecule has 4 rings (SSSR count). The number of nitro benzene ring substituents is 1. The molecule has 38 heavy (non-hydrogen) atoms. The molecule has 0 atom stereocenters. The van der Waals surface area contributed by atoms with Gasteiger partial charge in [-0.05, 0) is 48.0 Å². The van der Waals surface area contributed by atoms with Gasteiger partial charge in [0.1, 0.15) is 5.82 Å². The number of hydrogen-bond acceptors (Lipinski definition) is 8. The Kier molecular flexibility index (Phi) is 8.25. The van der Waals surface area contributed by atoms with Crippen molar-refractivity contribution in [3.8, 4) is 11.5 Å². The summed E-state index contributed by atoms with van der Waals surface area (Å²) in [4.78, 5) is 37.2. The second-order valence-electron chi connectivity index (χ2n) is 7.67. The Balaban J connectivity index is 1.45. The van der Waals surface area contributed by atoms with Gasteiger partial charge >= 0.3 is 0 Å². The standard InChI is InChI=1S/C25H17ClFN3O6S2/c1-35-21-9-14(10-22-24(32)29(25(37)38-22)16-6-7-19(27)18(26)12-16)5-8-20(21)36-13-23(31)28-15-3-2-4-17(11-15)30(33)34/h2-12H,13H2,1H3,(H,28,31). The van der Waals surface area contributed by atoms with Crippen molar-refractivity contribution in [2.45, 2.75) is 0 Å². The van der Waals surface area contributed by atoms with Crippen LogP contribution in [0.4, 0.5) is 21.5 Å². The summed E-state index contributed by atoms with van der Waals surface area (Å²) in [6.07, 6.45) is 1.62. The highest BCUT2D eigenvalue weighted by molar-refractivity contribution is 8.27. The predicted molar refractivity (Wildman–Crippen MR) is 147 cm³/mol. The highest BCUT2D eigenvalue weighted by Crippen LogP contribution is 2.38. The lowest BCUT2D eigenvalue weighted by Crippen LogP contribution is -2.27. The first-order valence-corrected chi connectivity index (χ1v) is 12.3. The number of halogens is 2. The second kappa shape index (κ2) is 11.6. The quantitative estimate of drug-likeness (QED) is 0.155. The molecule has 0 aromatic heterocycles. The summed E-state index contributed by atoms with van der Waals surface area (Å²) in [5.74, 6) is -0.941. The third-order valence-corrected chi connectivity index (χ3v) is 6.73. The molecule has 2 amide bonds. The van der Waals surface area contributed by atoms with Crippen molar-refractivity contribution in [1.29, 1.82) is 0 Å². The molecular weight excluding hydrogens is 557 g/mol. The van der Waals surface area contributed by atoms with Gasteiger partial charge in [0.15, 0.2) is 22.4 Å². The number of rotatable bonds is 8. The summed E-state index contributed by atoms with van der Waals surface area (Å²) in [7, 11) is 1.42. The summed E-state index contributed by atoms with van der Waals surface area (Å²) in [6, 6.07) is 14.3. The van der Waals surface area contributed by atoms with Crippen LogP contribution in [0.3, 0.4) is 0 Å². The Morgan fingerprint density at radius 3 is 2.71 bits per heavy atom. The normalized spacial score (nSPS) is 14.1. The fourth-order valence-electron chi connectivity index (χ4n) is 3.40. The van der Waals surface area contributed by atoms with E-state index in [9.17, 15) is 24.1 Å². The molecule has 0 bridgehead atoms. The Morgan fingerprint density at radius 1 is 1.21 bits per heavy atom. The van der Waals surface area contributed by atoms with Crippen LogP contribution >= 0.6 is 35.6 Å². The van der Waals surface area contributed by atoms with Crippen LogP contribution in [0, 0.1) is 15.9 Å². The molecule has 0 aliphatic carbocycles. The Hall–Kier alpha value is -4.00. The summed E-state index contributed by atoms with van der Waals surface area (Å²) < 4.78 is 24.7. The van der Waals surface area contributed by atoms with E-state index in [1.807, 2.05) is 0 Å². The van der Waals surface area contributed by atoms with E-state index in [4.69, 9.17) is 33.3 Å². The number of thioether (sulfide) groups is 1. The lowest BCUT2D eigenvalue weighted by molar-refractivity contribution is -0.384. The number of benzene rings is 3. The van der Waals surface area contributed by atoms with Gasteiger partial charge in [0, 0.05) is 17.8 Å². The highest BCUT2D eigenvalue weighted by Gasteiger charge is 2.33. The first kappa shape index (κ1) is 27.0. The molecule has 0 unspecified atom stereocenters. The van der Waals surface area contributed by atoms with Crippen LogP contribution in [0.5, 0.6) is 11.5 Å². The van der Waals surface area contributed by atoms with Gasteiger partial charge in [0.05, 0.1) is 27.6 Å². The smallest absolute Gasteiger partial charge is 0.271 e. The maximum Gasteiger partial charge on any atom is 0.271 e. The molecule has 0 saturated carbocycles. The van der Waals surface area contributed by atoms with Crippen LogP contribution in [0.25, 0.3) is 6.08 Å². The van der Waals surface area contributed by atoms with E-state index in [0.29, 0.717) is 21.9 Å². The number of nitrogens with one attached hydrogen (secondary N) is 1. The Bertz CT molecular complexity index is 1500. The molecule has 1 aliphatic rings. The summed E-state index contributed by atoms with van der Waals surface area (Å²) in [5.41, 5.74) is 1.06. The number of amides is 2. The number of methoxy groups -OCH3 is 1. The van der Waals surface area contributed by atoms with Crippen LogP contribution in [0.2, 0.25) is 5.02 Å². The lowest BCUT2D eigenvalue weighted by atomic mass is 10.2. The van der Waals surface area contributed by atoms with Crippen LogP contribution in [0.1, 0.15) is 5.56 Å². The predicted octanol–water partition coefficient (Wildman–Crippen LogP) is 5.82. The van der Waals surface area contributed by atoms with Gasteiger partial charge in [-0.2, -0.15) is 0 Å². The van der Waals surface area contributed by atoms with Gasteiger partial charge in [-0.25, -0.2) is 4.39 Å². The van der Waals surface area contributed by atoms with E-state index in [2.05, 4.69) is 5.32 Å². The fraction of sp³-hybridized carbons (Fsp3) is 0.0800. The van der Waals surface area contributed by atoms with Crippen LogP contribution in [-0.4, -0.2) is 34.8 Å². The van der Waals surface area contributed by atoms with Crippen molar-refractivity contribution in [2.75, 3.05) is 23.9 Å². The SMILES string of the molecule is COc1cc(C=C2SC(=S)N(c3ccc(F)c(Cl)c3)C2=O)ccc1OCC(=O)Nc1cccc([N+](=O)[O-])c1. The van der Waals surface area contributed by atoms with Crippen molar-refractivity contribution in [2.24, 2.45) is 0 Å². The van der Waals surface area contributed by atoms with Crippen LogP contribution < -0.4 is 19.7 Å². The number of thiocarbonyl (C=S) groups is 1. The molecule has 0 radical (unpaired) electrons. The number of non-ortho nitro benzene ring substituents is 1. The van der Waals surface area contributed by atoms with Gasteiger partial charge < -0.3 is 14.8 Å². The van der Waals surface area contributed by atoms with Gasteiger partial charge in [0.2, 0.25) is 0 Å². The number of nitro groups is 1. The van der Waals surface area contributed by atoms with Crippen molar-refractivity contribution < 1.29 is 28.4 Å². The minimum absolute atomic E-state index is 0.125. The minimum atomic E-state index is -0.604. The number of ether oxygens (including phenoxy) is 2. The monoisotopic (exact) mass is 573 g/mol. The highest BCUT2D eigenvalue weighted by atomic mass is 35.5. The zero-order valence-electron chi connectivity index (χ0n) is 19.5. The molecule has 194 valence electrons. The van der Waals surface area contributed by atoms with Crippen LogP contribution in [0.15, 0.2) is 65.6 Å². The van der Waals surface area contributed by atoms with E-state index in [-0.39, 0.29) is 39.0 Å². The average molecular weight is 574 g/mol. The second-order valence-corrected chi connectivity index (χ2v) is 9.75. The molecule has 0 spiro atoms. The fourth-order valence-corrected chi connectivity index (χ4v) is 4.87. The zero-order chi connectivity index (χ0) is 27.4. The van der Waals surface area contributed by atoms with E-state index in [1.54, 1.807) is 24.3 Å². The van der Waals surface area contributed by atoms with Gasteiger partial charge in [0.25, 0.3) is 17.5 Å². The topological polar surface area (TPSA) is 111 Å². The molecule has 1 fully saturated rings. The maximum atomic E-state index is 13.5. The van der Waals surface area contributed by atoms with Crippen molar-refractivity contribution in [1.82, 2.24) is 0 Å². The Labute approximate surface area is 230 Å². The summed E-state index contributed by atoms with van der Waals surface area (Å²) in [6.45, 7) is -0.378. The summed E-state index contributed by atoms with van der Waals surface area (Å²) in [5, 5.41) is 13.3. The number of nitrogens with zero attached hydrogens (tertiary/aromatic N) is 2. The lowest BCUT2D eigenvalue weighted by Gasteiger charge is -2.14. The van der Waals surface area contributed by atoms with Gasteiger partial charge in [-0.3, -0.25) is 24.6 Å². The van der Waals surface area contributed by atoms with Gasteiger partial charge in [-0.1, -0.05) is 47.7 Å². The molecule has 3 aromatic carbocycles. The van der Waals surface area contributed by atoms with E-state index in [1.165, 1.54) is 48.4 Å². The number of hydrogen-bond donors (Lipinski definition) is 1. The molecule has 1 N–H and O–H groups in total. The van der Waals surface area contributed by atoms with E-state index < -0.39 is 16.6 Å². The number of carbonyl (C=O) groups is 2. The molecule has 3 aromatic rings. The maximum absolute atomic E-state index is 13.5. The molecule has 13 heteroatoms. The minimum Gasteiger partial charge on any atom is -0.493 e. The van der Waals surface area contributed by atoms with Crippen molar-refractivity contribution in [3.63, 3.8) is 0 Å². The van der Waals surface area contributed by atoms with Crippen molar-refractivity contribution in [3.05, 3.63) is 92.1 Å². The van der Waals surface area contributed by atoms with Crippen LogP contribution in [-0.2, 0) is 9.59 Å². The van der Waals surface area contributed by atoms with E-state index in [0.717, 1.165) is 17.8 Å². The summed E-state index contributed by atoms with van der Waals surface area (Å²) >= 11 is 12.3. The van der Waals surface area contributed by atoms with Crippen molar-refractivity contribution >= 4 is 74.9 Å². The van der Waals surface area contributed by atoms with Gasteiger partial charge in [-0.15, -0.1) is 0 Å². The molecule has 1 aliphatic heterocycles. The molecule has 1 heterocycles. The van der Waals surface area contributed by atoms with E-state index >= 15 is 0 Å². The third kappa shape index (κ3) is 6.10. The molecule has 9 nitrogen and oxygen atoms in total. The number of carbonyl (C=O) groups excluding carboxylic acids is 2. The molecular formula is C25H17ClFN3O6S2. The number of anilines is 2. The first-order chi connectivity index (χ1) is 18.2. The molecule has 1 saturated heterocycles.